The van der Waals surface area contributed by atoms with Crippen molar-refractivity contribution in [2.24, 2.45) is 5.92 Å². The van der Waals surface area contributed by atoms with Crippen LogP contribution >= 0.6 is 15.9 Å². The lowest BCUT2D eigenvalue weighted by Crippen LogP contribution is -2.38. The van der Waals surface area contributed by atoms with Gasteiger partial charge in [-0.15, -0.1) is 0 Å². The van der Waals surface area contributed by atoms with Crippen LogP contribution in [0.5, 0.6) is 0 Å². The molecule has 90 valence electrons. The van der Waals surface area contributed by atoms with Crippen molar-refractivity contribution >= 4 is 21.8 Å². The molecule has 1 unspecified atom stereocenters. The second-order valence-electron chi connectivity index (χ2n) is 4.74. The standard InChI is InChI=1S/C13H20BrNO/c14-9-3-8-13(16)15-10-4-6-11-5-1-2-7-12(11)15/h7,11H,1-6,8-10H2. The topological polar surface area (TPSA) is 20.3 Å². The van der Waals surface area contributed by atoms with Crippen LogP contribution in [0.15, 0.2) is 11.8 Å². The highest BCUT2D eigenvalue weighted by Crippen LogP contribution is 2.35. The molecule has 1 aliphatic heterocycles. The van der Waals surface area contributed by atoms with E-state index in [-0.39, 0.29) is 0 Å². The molecule has 1 atom stereocenters. The summed E-state index contributed by atoms with van der Waals surface area (Å²) in [7, 11) is 0. The van der Waals surface area contributed by atoms with E-state index in [4.69, 9.17) is 0 Å². The number of hydrogen-bond donors (Lipinski definition) is 0. The Morgan fingerprint density at radius 1 is 1.44 bits per heavy atom. The quantitative estimate of drug-likeness (QED) is 0.727. The minimum absolute atomic E-state index is 0.331. The van der Waals surface area contributed by atoms with Crippen molar-refractivity contribution in [3.05, 3.63) is 11.8 Å². The molecule has 2 aliphatic rings. The summed E-state index contributed by atoms with van der Waals surface area (Å²) < 4.78 is 0. The zero-order valence-corrected chi connectivity index (χ0v) is 11.3. The van der Waals surface area contributed by atoms with E-state index < -0.39 is 0 Å². The Kier molecular flexibility index (Phi) is 4.45. The molecule has 0 bridgehead atoms. The van der Waals surface area contributed by atoms with E-state index in [9.17, 15) is 4.79 Å². The summed E-state index contributed by atoms with van der Waals surface area (Å²) in [5.74, 6) is 1.01. The zero-order valence-electron chi connectivity index (χ0n) is 9.75. The first kappa shape index (κ1) is 12.2. The number of fused-ring (bicyclic) bond motifs is 1. The Bertz CT molecular complexity index is 288. The molecule has 1 saturated heterocycles. The van der Waals surface area contributed by atoms with Crippen LogP contribution in [-0.2, 0) is 4.79 Å². The number of rotatable bonds is 3. The number of piperidine rings is 1. The predicted octanol–water partition coefficient (Wildman–Crippen LogP) is 3.47. The number of likely N-dealkylation sites (tertiary alicyclic amines) is 1. The van der Waals surface area contributed by atoms with Gasteiger partial charge in [-0.1, -0.05) is 22.0 Å². The number of halogens is 1. The van der Waals surface area contributed by atoms with Crippen molar-refractivity contribution in [3.63, 3.8) is 0 Å². The van der Waals surface area contributed by atoms with Crippen LogP contribution in [0, 0.1) is 5.92 Å². The Morgan fingerprint density at radius 3 is 3.06 bits per heavy atom. The third-order valence-electron chi connectivity index (χ3n) is 3.60. The molecule has 1 aliphatic carbocycles. The fourth-order valence-electron chi connectivity index (χ4n) is 2.80. The van der Waals surface area contributed by atoms with Crippen molar-refractivity contribution in [1.29, 1.82) is 0 Å². The molecule has 3 heteroatoms. The van der Waals surface area contributed by atoms with E-state index in [0.717, 1.165) is 24.7 Å². The Hall–Kier alpha value is -0.310. The average molecular weight is 286 g/mol. The summed E-state index contributed by atoms with van der Waals surface area (Å²) in [6, 6.07) is 0. The zero-order chi connectivity index (χ0) is 11.4. The molecule has 1 fully saturated rings. The summed E-state index contributed by atoms with van der Waals surface area (Å²) in [5.41, 5.74) is 1.34. The summed E-state index contributed by atoms with van der Waals surface area (Å²) in [6.07, 6.45) is 10.2. The number of carbonyl (C=O) groups is 1. The van der Waals surface area contributed by atoms with Crippen LogP contribution in [0.2, 0.25) is 0 Å². The van der Waals surface area contributed by atoms with Gasteiger partial charge in [-0.2, -0.15) is 0 Å². The molecular formula is C13H20BrNO. The van der Waals surface area contributed by atoms with Gasteiger partial charge in [0.2, 0.25) is 5.91 Å². The summed E-state index contributed by atoms with van der Waals surface area (Å²) >= 11 is 3.39. The highest BCUT2D eigenvalue weighted by Gasteiger charge is 2.29. The number of carbonyl (C=O) groups excluding carboxylic acids is 1. The first-order valence-corrected chi connectivity index (χ1v) is 7.51. The minimum Gasteiger partial charge on any atom is -0.316 e. The molecule has 0 radical (unpaired) electrons. The first-order valence-electron chi connectivity index (χ1n) is 6.39. The van der Waals surface area contributed by atoms with Gasteiger partial charge < -0.3 is 4.90 Å². The molecule has 2 rings (SSSR count). The van der Waals surface area contributed by atoms with Crippen LogP contribution in [0.4, 0.5) is 0 Å². The molecule has 2 nitrogen and oxygen atoms in total. The monoisotopic (exact) mass is 285 g/mol. The van der Waals surface area contributed by atoms with Gasteiger partial charge in [0, 0.05) is 24.0 Å². The second-order valence-corrected chi connectivity index (χ2v) is 5.53. The van der Waals surface area contributed by atoms with Crippen molar-refractivity contribution in [3.8, 4) is 0 Å². The van der Waals surface area contributed by atoms with Crippen LogP contribution in [0.25, 0.3) is 0 Å². The van der Waals surface area contributed by atoms with E-state index in [1.165, 1.54) is 31.4 Å². The van der Waals surface area contributed by atoms with Crippen molar-refractivity contribution in [1.82, 2.24) is 4.90 Å². The van der Waals surface area contributed by atoms with E-state index >= 15 is 0 Å². The maximum atomic E-state index is 12.1. The Morgan fingerprint density at radius 2 is 2.25 bits per heavy atom. The summed E-state index contributed by atoms with van der Waals surface area (Å²) in [6.45, 7) is 0.948. The number of alkyl halides is 1. The summed E-state index contributed by atoms with van der Waals surface area (Å²) in [5, 5.41) is 0.926. The predicted molar refractivity (Wildman–Crippen MR) is 69.4 cm³/mol. The van der Waals surface area contributed by atoms with Gasteiger partial charge in [0.1, 0.15) is 0 Å². The van der Waals surface area contributed by atoms with Gasteiger partial charge in [0.25, 0.3) is 0 Å². The normalized spacial score (nSPS) is 24.9. The smallest absolute Gasteiger partial charge is 0.226 e. The van der Waals surface area contributed by atoms with Gasteiger partial charge in [0.15, 0.2) is 0 Å². The largest absolute Gasteiger partial charge is 0.316 e. The van der Waals surface area contributed by atoms with Gasteiger partial charge in [-0.05, 0) is 44.4 Å². The van der Waals surface area contributed by atoms with Gasteiger partial charge >= 0.3 is 0 Å². The Labute approximate surface area is 106 Å². The van der Waals surface area contributed by atoms with Gasteiger partial charge in [0.05, 0.1) is 0 Å². The molecule has 0 aromatic carbocycles. The highest BCUT2D eigenvalue weighted by molar-refractivity contribution is 9.09. The number of hydrogen-bond acceptors (Lipinski definition) is 1. The molecular weight excluding hydrogens is 266 g/mol. The number of nitrogens with zero attached hydrogens (tertiary/aromatic N) is 1. The SMILES string of the molecule is O=C(CCCBr)N1CCCC2CCCC=C21. The molecule has 0 saturated carbocycles. The molecule has 1 heterocycles. The fourth-order valence-corrected chi connectivity index (χ4v) is 3.08. The van der Waals surface area contributed by atoms with E-state index in [1.807, 2.05) is 0 Å². The van der Waals surface area contributed by atoms with Gasteiger partial charge in [-0.3, -0.25) is 4.79 Å². The first-order chi connectivity index (χ1) is 7.83. The maximum absolute atomic E-state index is 12.1. The van der Waals surface area contributed by atoms with Crippen LogP contribution in [0.1, 0.15) is 44.9 Å². The lowest BCUT2D eigenvalue weighted by molar-refractivity contribution is -0.130. The lowest BCUT2D eigenvalue weighted by Gasteiger charge is -2.38. The van der Waals surface area contributed by atoms with E-state index in [2.05, 4.69) is 26.9 Å². The molecule has 0 spiro atoms. The lowest BCUT2D eigenvalue weighted by atomic mass is 9.85. The summed E-state index contributed by atoms with van der Waals surface area (Å²) in [4.78, 5) is 14.1. The van der Waals surface area contributed by atoms with E-state index in [0.29, 0.717) is 18.2 Å². The minimum atomic E-state index is 0.331. The van der Waals surface area contributed by atoms with Gasteiger partial charge in [-0.25, -0.2) is 0 Å². The van der Waals surface area contributed by atoms with Crippen molar-refractivity contribution in [2.75, 3.05) is 11.9 Å². The third-order valence-corrected chi connectivity index (χ3v) is 4.16. The second kappa shape index (κ2) is 5.85. The van der Waals surface area contributed by atoms with Crippen LogP contribution in [0.3, 0.4) is 0 Å². The average Bonchev–Trinajstić information content (AvgIpc) is 2.35. The van der Waals surface area contributed by atoms with Crippen molar-refractivity contribution < 1.29 is 4.79 Å². The van der Waals surface area contributed by atoms with Crippen molar-refractivity contribution in [2.45, 2.75) is 44.9 Å². The third kappa shape index (κ3) is 2.68. The number of allylic oxidation sites excluding steroid dienone is 2. The highest BCUT2D eigenvalue weighted by atomic mass is 79.9. The van der Waals surface area contributed by atoms with Crippen LogP contribution < -0.4 is 0 Å². The molecule has 16 heavy (non-hydrogen) atoms. The number of amides is 1. The molecule has 0 aromatic rings. The molecule has 0 aromatic heterocycles. The Balaban J connectivity index is 2.02. The van der Waals surface area contributed by atoms with E-state index in [1.54, 1.807) is 0 Å². The molecule has 1 amide bonds. The maximum Gasteiger partial charge on any atom is 0.226 e. The van der Waals surface area contributed by atoms with Crippen LogP contribution in [-0.4, -0.2) is 22.7 Å². The molecule has 0 N–H and O–H groups in total. The fraction of sp³-hybridized carbons (Fsp3) is 0.769.